The molecule has 3 rings (SSSR count). The predicted molar refractivity (Wildman–Crippen MR) is 98.3 cm³/mol. The average molecular weight is 379 g/mol. The Balaban J connectivity index is 1.82. The maximum atomic E-state index is 12.9. The van der Waals surface area contributed by atoms with Crippen molar-refractivity contribution in [3.63, 3.8) is 0 Å². The first-order valence-corrected chi connectivity index (χ1v) is 10.1. The molecule has 6 nitrogen and oxygen atoms in total. The SMILES string of the molecule is CCCc1cc(C(=O)OCC)c(NC(=O)[C@@H]2[C@H]3CC[C@@H](C3)[C@H]2C(=O)O)s1. The highest BCUT2D eigenvalue weighted by atomic mass is 32.1. The highest BCUT2D eigenvalue weighted by Gasteiger charge is 2.54. The number of carbonyl (C=O) groups is 3. The van der Waals surface area contributed by atoms with E-state index in [1.165, 1.54) is 11.3 Å². The Morgan fingerprint density at radius 3 is 2.54 bits per heavy atom. The number of thiophene rings is 1. The van der Waals surface area contributed by atoms with Gasteiger partial charge in [-0.25, -0.2) is 4.79 Å². The van der Waals surface area contributed by atoms with Gasteiger partial charge in [-0.3, -0.25) is 9.59 Å². The Morgan fingerprint density at radius 1 is 1.23 bits per heavy atom. The van der Waals surface area contributed by atoms with E-state index >= 15 is 0 Å². The molecular weight excluding hydrogens is 354 g/mol. The summed E-state index contributed by atoms with van der Waals surface area (Å²) in [6.45, 7) is 4.05. The van der Waals surface area contributed by atoms with E-state index in [0.717, 1.165) is 37.0 Å². The predicted octanol–water partition coefficient (Wildman–Crippen LogP) is 3.56. The Kier molecular flexibility index (Phi) is 5.65. The number of ether oxygens (including phenoxy) is 1. The number of carboxylic acid groups (broad SMARTS) is 1. The van der Waals surface area contributed by atoms with Gasteiger partial charge in [-0.05, 0) is 50.5 Å². The fourth-order valence-electron chi connectivity index (χ4n) is 4.48. The number of fused-ring (bicyclic) bond motifs is 2. The molecule has 0 radical (unpaired) electrons. The summed E-state index contributed by atoms with van der Waals surface area (Å²) in [6.07, 6.45) is 4.36. The molecule has 142 valence electrons. The second-order valence-corrected chi connectivity index (χ2v) is 8.27. The molecule has 0 saturated heterocycles. The molecule has 0 unspecified atom stereocenters. The maximum absolute atomic E-state index is 12.9. The van der Waals surface area contributed by atoms with Crippen molar-refractivity contribution in [2.75, 3.05) is 11.9 Å². The van der Waals surface area contributed by atoms with Crippen LogP contribution in [0.4, 0.5) is 5.00 Å². The largest absolute Gasteiger partial charge is 0.481 e. The first-order chi connectivity index (χ1) is 12.5. The second kappa shape index (κ2) is 7.78. The monoisotopic (exact) mass is 379 g/mol. The molecule has 0 aliphatic heterocycles. The minimum atomic E-state index is -0.888. The zero-order chi connectivity index (χ0) is 18.8. The van der Waals surface area contributed by atoms with Crippen LogP contribution in [0.2, 0.25) is 0 Å². The number of hydrogen-bond acceptors (Lipinski definition) is 5. The van der Waals surface area contributed by atoms with Gasteiger partial charge in [0.25, 0.3) is 0 Å². The lowest BCUT2D eigenvalue weighted by Crippen LogP contribution is -2.37. The first-order valence-electron chi connectivity index (χ1n) is 9.29. The molecule has 7 heteroatoms. The normalized spacial score (nSPS) is 26.7. The van der Waals surface area contributed by atoms with E-state index in [1.54, 1.807) is 13.0 Å². The number of aliphatic carboxylic acids is 1. The average Bonchev–Trinajstić information content (AvgIpc) is 3.29. The summed E-state index contributed by atoms with van der Waals surface area (Å²) in [5.41, 5.74) is 0.365. The van der Waals surface area contributed by atoms with Crippen molar-refractivity contribution in [3.8, 4) is 0 Å². The molecule has 26 heavy (non-hydrogen) atoms. The minimum absolute atomic E-state index is 0.0942. The van der Waals surface area contributed by atoms with Crippen molar-refractivity contribution in [1.82, 2.24) is 0 Å². The molecule has 1 heterocycles. The molecule has 2 bridgehead atoms. The Labute approximate surface area is 156 Å². The van der Waals surface area contributed by atoms with Gasteiger partial charge in [0.2, 0.25) is 5.91 Å². The molecule has 4 atom stereocenters. The van der Waals surface area contributed by atoms with E-state index in [4.69, 9.17) is 4.74 Å². The molecule has 2 saturated carbocycles. The number of anilines is 1. The van der Waals surface area contributed by atoms with Crippen LogP contribution in [0.1, 0.15) is 54.8 Å². The van der Waals surface area contributed by atoms with Crippen LogP contribution < -0.4 is 5.32 Å². The van der Waals surface area contributed by atoms with Gasteiger partial charge in [0, 0.05) is 4.88 Å². The number of esters is 1. The van der Waals surface area contributed by atoms with Crippen molar-refractivity contribution >= 4 is 34.2 Å². The van der Waals surface area contributed by atoms with Gasteiger partial charge >= 0.3 is 11.9 Å². The third kappa shape index (κ3) is 3.49. The Bertz CT molecular complexity index is 713. The van der Waals surface area contributed by atoms with Crippen molar-refractivity contribution in [1.29, 1.82) is 0 Å². The molecular formula is C19H25NO5S. The number of nitrogens with one attached hydrogen (secondary N) is 1. The summed E-state index contributed by atoms with van der Waals surface area (Å²) < 4.78 is 5.10. The smallest absolute Gasteiger partial charge is 0.341 e. The van der Waals surface area contributed by atoms with E-state index in [1.807, 2.05) is 0 Å². The summed E-state index contributed by atoms with van der Waals surface area (Å²) in [6, 6.07) is 1.78. The molecule has 1 aromatic rings. The molecule has 2 N–H and O–H groups in total. The Morgan fingerprint density at radius 2 is 1.92 bits per heavy atom. The van der Waals surface area contributed by atoms with Crippen LogP contribution in [-0.2, 0) is 20.7 Å². The fourth-order valence-corrected chi connectivity index (χ4v) is 5.63. The molecule has 1 aromatic heterocycles. The number of amides is 1. The lowest BCUT2D eigenvalue weighted by atomic mass is 9.79. The third-order valence-electron chi connectivity index (χ3n) is 5.52. The van der Waals surface area contributed by atoms with Crippen LogP contribution >= 0.6 is 11.3 Å². The van der Waals surface area contributed by atoms with Gasteiger partial charge in [-0.2, -0.15) is 0 Å². The maximum Gasteiger partial charge on any atom is 0.341 e. The quantitative estimate of drug-likeness (QED) is 0.707. The van der Waals surface area contributed by atoms with Gasteiger partial charge in [0.15, 0.2) is 0 Å². The van der Waals surface area contributed by atoms with Crippen LogP contribution in [-0.4, -0.2) is 29.6 Å². The van der Waals surface area contributed by atoms with Crippen molar-refractivity contribution in [2.24, 2.45) is 23.7 Å². The standard InChI is InChI=1S/C19H25NO5S/c1-3-5-12-9-13(19(24)25-4-2)17(26-12)20-16(21)14-10-6-7-11(8-10)15(14)18(22)23/h9-11,14-15H,3-8H2,1-2H3,(H,20,21)(H,22,23)/t10-,11-,14+,15+/m0/s1. The summed E-state index contributed by atoms with van der Waals surface area (Å²) in [5.74, 6) is -2.53. The number of rotatable bonds is 7. The van der Waals surface area contributed by atoms with Crippen molar-refractivity contribution < 1.29 is 24.2 Å². The van der Waals surface area contributed by atoms with Crippen LogP contribution in [0.15, 0.2) is 6.07 Å². The van der Waals surface area contributed by atoms with Crippen molar-refractivity contribution in [3.05, 3.63) is 16.5 Å². The molecule has 0 aromatic carbocycles. The third-order valence-corrected chi connectivity index (χ3v) is 6.63. The zero-order valence-electron chi connectivity index (χ0n) is 15.1. The first kappa shape index (κ1) is 18.9. The number of hydrogen-bond donors (Lipinski definition) is 2. The highest BCUT2D eigenvalue weighted by Crippen LogP contribution is 2.52. The van der Waals surface area contributed by atoms with Crippen LogP contribution in [0.3, 0.4) is 0 Å². The molecule has 2 aliphatic carbocycles. The molecule has 0 spiro atoms. The summed E-state index contributed by atoms with van der Waals surface area (Å²) >= 11 is 1.37. The zero-order valence-corrected chi connectivity index (χ0v) is 15.9. The lowest BCUT2D eigenvalue weighted by Gasteiger charge is -2.26. The molecule has 1 amide bonds. The molecule has 2 aliphatic rings. The number of aryl methyl sites for hydroxylation is 1. The second-order valence-electron chi connectivity index (χ2n) is 7.14. The van der Waals surface area contributed by atoms with Gasteiger partial charge in [-0.1, -0.05) is 13.3 Å². The summed E-state index contributed by atoms with van der Waals surface area (Å²) in [7, 11) is 0. The van der Waals surface area contributed by atoms with E-state index in [0.29, 0.717) is 10.6 Å². The topological polar surface area (TPSA) is 92.7 Å². The number of carboxylic acids is 1. The van der Waals surface area contributed by atoms with E-state index in [-0.39, 0.29) is 24.3 Å². The van der Waals surface area contributed by atoms with Crippen LogP contribution in [0, 0.1) is 23.7 Å². The minimum Gasteiger partial charge on any atom is -0.481 e. The van der Waals surface area contributed by atoms with E-state index in [2.05, 4.69) is 12.2 Å². The molecule has 2 fully saturated rings. The summed E-state index contributed by atoms with van der Waals surface area (Å²) in [4.78, 5) is 37.8. The fraction of sp³-hybridized carbons (Fsp3) is 0.632. The Hall–Kier alpha value is -1.89. The van der Waals surface area contributed by atoms with Gasteiger partial charge in [0.05, 0.1) is 24.0 Å². The highest BCUT2D eigenvalue weighted by molar-refractivity contribution is 7.16. The summed E-state index contributed by atoms with van der Waals surface area (Å²) in [5, 5.41) is 12.9. The lowest BCUT2D eigenvalue weighted by molar-refractivity contribution is -0.148. The van der Waals surface area contributed by atoms with Crippen molar-refractivity contribution in [2.45, 2.75) is 46.0 Å². The van der Waals surface area contributed by atoms with E-state index < -0.39 is 23.8 Å². The van der Waals surface area contributed by atoms with Gasteiger partial charge < -0.3 is 15.2 Å². The van der Waals surface area contributed by atoms with Gasteiger partial charge in [-0.15, -0.1) is 11.3 Å². The van der Waals surface area contributed by atoms with Crippen LogP contribution in [0.25, 0.3) is 0 Å². The van der Waals surface area contributed by atoms with Crippen LogP contribution in [0.5, 0.6) is 0 Å². The van der Waals surface area contributed by atoms with Gasteiger partial charge in [0.1, 0.15) is 5.00 Å². The number of carbonyl (C=O) groups excluding carboxylic acids is 2. The van der Waals surface area contributed by atoms with E-state index in [9.17, 15) is 19.5 Å².